The van der Waals surface area contributed by atoms with E-state index in [2.05, 4.69) is 22.6 Å². The number of halogens is 1. The van der Waals surface area contributed by atoms with Gasteiger partial charge < -0.3 is 9.64 Å². The standard InChI is InChI=1S/C14H18INO4S/c1-14(2,3)21(18,19)7-6-16-11-8-10(15)4-5-12(11)20-9-13(16)17/h4-5,8H,6-7,9H2,1-3H3. The van der Waals surface area contributed by atoms with Crippen molar-refractivity contribution in [2.75, 3.05) is 23.8 Å². The van der Waals surface area contributed by atoms with Crippen molar-refractivity contribution in [2.24, 2.45) is 0 Å². The van der Waals surface area contributed by atoms with Crippen molar-refractivity contribution in [1.82, 2.24) is 0 Å². The van der Waals surface area contributed by atoms with Crippen molar-refractivity contribution in [1.29, 1.82) is 0 Å². The maximum Gasteiger partial charge on any atom is 0.265 e. The number of amides is 1. The molecular formula is C14H18INO4S. The van der Waals surface area contributed by atoms with Crippen molar-refractivity contribution >= 4 is 44.0 Å². The fraction of sp³-hybridized carbons (Fsp3) is 0.500. The van der Waals surface area contributed by atoms with Crippen LogP contribution in [0.15, 0.2) is 18.2 Å². The molecule has 1 heterocycles. The maximum atomic E-state index is 12.2. The minimum absolute atomic E-state index is 0.0524. The zero-order chi connectivity index (χ0) is 15.8. The number of ether oxygens (including phenoxy) is 1. The molecule has 0 bridgehead atoms. The lowest BCUT2D eigenvalue weighted by Gasteiger charge is -2.30. The molecular weight excluding hydrogens is 405 g/mol. The minimum Gasteiger partial charge on any atom is -0.482 e. The summed E-state index contributed by atoms with van der Waals surface area (Å²) in [6.07, 6.45) is 0. The Hall–Kier alpha value is -0.830. The van der Waals surface area contributed by atoms with Crippen molar-refractivity contribution in [3.8, 4) is 5.75 Å². The summed E-state index contributed by atoms with van der Waals surface area (Å²) in [5.74, 6) is 0.337. The lowest BCUT2D eigenvalue weighted by molar-refractivity contribution is -0.121. The molecule has 21 heavy (non-hydrogen) atoms. The van der Waals surface area contributed by atoms with Crippen LogP contribution in [0.2, 0.25) is 0 Å². The maximum absolute atomic E-state index is 12.2. The van der Waals surface area contributed by atoms with Crippen LogP contribution < -0.4 is 9.64 Å². The minimum atomic E-state index is -3.27. The van der Waals surface area contributed by atoms with E-state index in [1.54, 1.807) is 26.8 Å². The topological polar surface area (TPSA) is 63.7 Å². The van der Waals surface area contributed by atoms with Crippen LogP contribution in [0.5, 0.6) is 5.75 Å². The summed E-state index contributed by atoms with van der Waals surface area (Å²) in [4.78, 5) is 13.5. The molecule has 7 heteroatoms. The highest BCUT2D eigenvalue weighted by Gasteiger charge is 2.32. The lowest BCUT2D eigenvalue weighted by Crippen LogP contribution is -2.43. The molecule has 0 aromatic heterocycles. The number of carbonyl (C=O) groups is 1. The molecule has 0 unspecified atom stereocenters. The SMILES string of the molecule is CC(C)(C)S(=O)(=O)CCN1C(=O)COc2ccc(I)cc21. The molecule has 0 fully saturated rings. The van der Waals surface area contributed by atoms with Gasteiger partial charge in [0.15, 0.2) is 16.4 Å². The van der Waals surface area contributed by atoms with Crippen LogP contribution in [0.4, 0.5) is 5.69 Å². The smallest absolute Gasteiger partial charge is 0.265 e. The van der Waals surface area contributed by atoms with Gasteiger partial charge in [-0.25, -0.2) is 8.42 Å². The zero-order valence-electron chi connectivity index (χ0n) is 12.2. The molecule has 0 saturated carbocycles. The molecule has 0 spiro atoms. The molecule has 0 saturated heterocycles. The van der Waals surface area contributed by atoms with Crippen LogP contribution in [0.3, 0.4) is 0 Å². The Kier molecular flexibility index (Phi) is 4.53. The van der Waals surface area contributed by atoms with Crippen LogP contribution in [0.25, 0.3) is 0 Å². The monoisotopic (exact) mass is 423 g/mol. The number of hydrogen-bond acceptors (Lipinski definition) is 4. The molecule has 5 nitrogen and oxygen atoms in total. The third kappa shape index (κ3) is 3.50. The molecule has 2 rings (SSSR count). The molecule has 116 valence electrons. The van der Waals surface area contributed by atoms with Crippen LogP contribution >= 0.6 is 22.6 Å². The lowest BCUT2D eigenvalue weighted by atomic mass is 10.2. The van der Waals surface area contributed by atoms with Crippen molar-refractivity contribution in [3.05, 3.63) is 21.8 Å². The first-order valence-electron chi connectivity index (χ1n) is 6.57. The number of carbonyl (C=O) groups excluding carboxylic acids is 1. The summed E-state index contributed by atoms with van der Waals surface area (Å²) < 4.78 is 29.9. The number of sulfone groups is 1. The Balaban J connectivity index is 2.25. The van der Waals surface area contributed by atoms with Gasteiger partial charge >= 0.3 is 0 Å². The van der Waals surface area contributed by atoms with E-state index >= 15 is 0 Å². The fourth-order valence-electron chi connectivity index (χ4n) is 1.94. The average Bonchev–Trinajstić information content (AvgIpc) is 2.36. The van der Waals surface area contributed by atoms with Gasteiger partial charge in [-0.3, -0.25) is 4.79 Å². The summed E-state index contributed by atoms with van der Waals surface area (Å²) in [5.41, 5.74) is 0.641. The number of benzene rings is 1. The van der Waals surface area contributed by atoms with E-state index in [9.17, 15) is 13.2 Å². The Morgan fingerprint density at radius 1 is 1.33 bits per heavy atom. The molecule has 0 N–H and O–H groups in total. The second-order valence-electron chi connectivity index (χ2n) is 5.88. The van der Waals surface area contributed by atoms with E-state index in [4.69, 9.17) is 4.74 Å². The summed E-state index contributed by atoms with van der Waals surface area (Å²) >= 11 is 2.15. The van der Waals surface area contributed by atoms with Gasteiger partial charge in [-0.2, -0.15) is 0 Å². The third-order valence-electron chi connectivity index (χ3n) is 3.38. The number of anilines is 1. The molecule has 1 aromatic rings. The Bertz CT molecular complexity index is 664. The summed E-state index contributed by atoms with van der Waals surface area (Å²) in [7, 11) is -3.27. The van der Waals surface area contributed by atoms with Crippen molar-refractivity contribution in [3.63, 3.8) is 0 Å². The van der Waals surface area contributed by atoms with Gasteiger partial charge in [0, 0.05) is 10.1 Å². The van der Waals surface area contributed by atoms with E-state index in [-0.39, 0.29) is 24.8 Å². The van der Waals surface area contributed by atoms with Gasteiger partial charge in [-0.1, -0.05) is 0 Å². The van der Waals surface area contributed by atoms with E-state index in [1.807, 2.05) is 12.1 Å². The first-order valence-corrected chi connectivity index (χ1v) is 9.30. The Labute approximate surface area is 138 Å². The first-order chi connectivity index (χ1) is 9.62. The Morgan fingerprint density at radius 2 is 2.00 bits per heavy atom. The fourth-order valence-corrected chi connectivity index (χ4v) is 3.45. The van der Waals surface area contributed by atoms with Crippen LogP contribution in [0.1, 0.15) is 20.8 Å². The summed E-state index contributed by atoms with van der Waals surface area (Å²) in [6, 6.07) is 5.52. The number of fused-ring (bicyclic) bond motifs is 1. The van der Waals surface area contributed by atoms with Crippen LogP contribution in [-0.4, -0.2) is 38.0 Å². The number of nitrogens with zero attached hydrogens (tertiary/aromatic N) is 1. The summed E-state index contributed by atoms with van der Waals surface area (Å²) in [5, 5.41) is 0. The largest absolute Gasteiger partial charge is 0.482 e. The van der Waals surface area contributed by atoms with Gasteiger partial charge in [0.05, 0.1) is 16.2 Å². The highest BCUT2D eigenvalue weighted by molar-refractivity contribution is 14.1. The Morgan fingerprint density at radius 3 is 2.62 bits per heavy atom. The molecule has 0 radical (unpaired) electrons. The van der Waals surface area contributed by atoms with Gasteiger partial charge in [-0.05, 0) is 61.6 Å². The van der Waals surface area contributed by atoms with Gasteiger partial charge in [0.25, 0.3) is 5.91 Å². The molecule has 1 aromatic carbocycles. The van der Waals surface area contributed by atoms with Crippen LogP contribution in [0, 0.1) is 3.57 Å². The van der Waals surface area contributed by atoms with Crippen molar-refractivity contribution < 1.29 is 17.9 Å². The molecule has 1 aliphatic rings. The van der Waals surface area contributed by atoms with E-state index in [1.165, 1.54) is 4.90 Å². The highest BCUT2D eigenvalue weighted by atomic mass is 127. The van der Waals surface area contributed by atoms with E-state index in [0.717, 1.165) is 3.57 Å². The normalized spacial score (nSPS) is 15.6. The molecule has 0 atom stereocenters. The number of hydrogen-bond donors (Lipinski definition) is 0. The zero-order valence-corrected chi connectivity index (χ0v) is 15.2. The first kappa shape index (κ1) is 16.5. The predicted octanol–water partition coefficient (Wildman–Crippen LogP) is 2.23. The summed E-state index contributed by atoms with van der Waals surface area (Å²) in [6.45, 7) is 5.10. The van der Waals surface area contributed by atoms with Crippen molar-refractivity contribution in [2.45, 2.75) is 25.5 Å². The third-order valence-corrected chi connectivity index (χ3v) is 6.64. The highest BCUT2D eigenvalue weighted by Crippen LogP contribution is 2.33. The average molecular weight is 423 g/mol. The molecule has 0 aliphatic carbocycles. The van der Waals surface area contributed by atoms with E-state index < -0.39 is 14.6 Å². The second kappa shape index (κ2) is 5.75. The van der Waals surface area contributed by atoms with Crippen LogP contribution in [-0.2, 0) is 14.6 Å². The van der Waals surface area contributed by atoms with Gasteiger partial charge in [0.1, 0.15) is 5.75 Å². The second-order valence-corrected chi connectivity index (χ2v) is 9.99. The van der Waals surface area contributed by atoms with E-state index in [0.29, 0.717) is 11.4 Å². The predicted molar refractivity (Wildman–Crippen MR) is 90.5 cm³/mol. The van der Waals surface area contributed by atoms with Gasteiger partial charge in [-0.15, -0.1) is 0 Å². The quantitative estimate of drug-likeness (QED) is 0.700. The molecule has 1 aliphatic heterocycles. The number of rotatable bonds is 3. The van der Waals surface area contributed by atoms with Gasteiger partial charge in [0.2, 0.25) is 0 Å². The molecule has 1 amide bonds.